The summed E-state index contributed by atoms with van der Waals surface area (Å²) in [6.45, 7) is 0.0942. The molecule has 0 atom stereocenters. The smallest absolute Gasteiger partial charge is 0.232 e. The molecule has 1 heterocycles. The van der Waals surface area contributed by atoms with Crippen molar-refractivity contribution >= 4 is 11.5 Å². The number of rotatable bonds is 6. The van der Waals surface area contributed by atoms with Crippen molar-refractivity contribution in [2.45, 2.75) is 6.61 Å². The number of benzene rings is 3. The second-order valence-electron chi connectivity index (χ2n) is 6.63. The van der Waals surface area contributed by atoms with Gasteiger partial charge in [0.1, 0.15) is 24.5 Å². The third kappa shape index (κ3) is 4.37. The van der Waals surface area contributed by atoms with E-state index in [2.05, 4.69) is 9.97 Å². The van der Waals surface area contributed by atoms with Crippen molar-refractivity contribution in [1.82, 2.24) is 9.97 Å². The van der Waals surface area contributed by atoms with E-state index in [1.54, 1.807) is 24.3 Å². The minimum atomic E-state index is -1.15. The number of nitrogens with zero attached hydrogens (tertiary/aromatic N) is 2. The Hall–Kier alpha value is -4.20. The van der Waals surface area contributed by atoms with Crippen LogP contribution in [0.4, 0.5) is 20.3 Å². The number of aromatic nitrogens is 2. The van der Waals surface area contributed by atoms with Gasteiger partial charge in [-0.2, -0.15) is 4.39 Å². The number of nitrogen functional groups attached to an aromatic ring is 2. The number of halogens is 2. The molecule has 0 fully saturated rings. The summed E-state index contributed by atoms with van der Waals surface area (Å²) in [4.78, 5) is 7.92. The first kappa shape index (κ1) is 20.1. The van der Waals surface area contributed by atoms with E-state index in [0.717, 1.165) is 5.56 Å². The van der Waals surface area contributed by atoms with Gasteiger partial charge in [0, 0.05) is 17.3 Å². The Morgan fingerprint density at radius 3 is 2.42 bits per heavy atom. The summed E-state index contributed by atoms with van der Waals surface area (Å²) >= 11 is 0. The predicted molar refractivity (Wildman–Crippen MR) is 113 cm³/mol. The Labute approximate surface area is 177 Å². The predicted octanol–water partition coefficient (Wildman–Crippen LogP) is 4.96. The molecule has 4 N–H and O–H groups in total. The fraction of sp³-hybridized carbons (Fsp3) is 0.0435. The molecule has 4 aromatic rings. The van der Waals surface area contributed by atoms with Crippen LogP contribution in [-0.2, 0) is 6.61 Å². The highest BCUT2D eigenvalue weighted by Gasteiger charge is 2.22. The first-order chi connectivity index (χ1) is 15.0. The van der Waals surface area contributed by atoms with Gasteiger partial charge in [0.15, 0.2) is 11.6 Å². The van der Waals surface area contributed by atoms with Crippen LogP contribution in [0.1, 0.15) is 5.56 Å². The Morgan fingerprint density at radius 2 is 1.65 bits per heavy atom. The van der Waals surface area contributed by atoms with E-state index in [-0.39, 0.29) is 35.2 Å². The second-order valence-corrected chi connectivity index (χ2v) is 6.63. The van der Waals surface area contributed by atoms with Crippen molar-refractivity contribution in [3.8, 4) is 28.5 Å². The lowest BCUT2D eigenvalue weighted by Crippen LogP contribution is -2.04. The van der Waals surface area contributed by atoms with Crippen LogP contribution in [0.25, 0.3) is 11.1 Å². The third-order valence-electron chi connectivity index (χ3n) is 4.47. The first-order valence-corrected chi connectivity index (χ1v) is 9.32. The highest BCUT2D eigenvalue weighted by molar-refractivity contribution is 5.79. The SMILES string of the molecule is Nc1cccc(Oc2ncnc(N)c2-c2ccc(OCc3ccccc3)c(F)c2F)c1. The molecule has 0 aliphatic heterocycles. The van der Waals surface area contributed by atoms with Crippen molar-refractivity contribution in [2.75, 3.05) is 11.5 Å². The Morgan fingerprint density at radius 1 is 0.839 bits per heavy atom. The Kier molecular flexibility index (Phi) is 5.61. The third-order valence-corrected chi connectivity index (χ3v) is 4.47. The normalized spacial score (nSPS) is 10.6. The van der Waals surface area contributed by atoms with Gasteiger partial charge in [-0.15, -0.1) is 0 Å². The van der Waals surface area contributed by atoms with Crippen molar-refractivity contribution in [1.29, 1.82) is 0 Å². The molecule has 156 valence electrons. The molecule has 0 radical (unpaired) electrons. The molecule has 0 aliphatic rings. The van der Waals surface area contributed by atoms with Crippen LogP contribution in [0, 0.1) is 11.6 Å². The highest BCUT2D eigenvalue weighted by atomic mass is 19.2. The second kappa shape index (κ2) is 8.66. The van der Waals surface area contributed by atoms with Gasteiger partial charge in [0.05, 0.1) is 5.56 Å². The quantitative estimate of drug-likeness (QED) is 0.428. The molecule has 4 rings (SSSR count). The molecule has 6 nitrogen and oxygen atoms in total. The molecular formula is C23H18F2N4O2. The Bertz CT molecular complexity index is 1220. The van der Waals surface area contributed by atoms with Gasteiger partial charge in [-0.3, -0.25) is 0 Å². The zero-order valence-corrected chi connectivity index (χ0v) is 16.3. The summed E-state index contributed by atoms with van der Waals surface area (Å²) in [6, 6.07) is 18.4. The highest BCUT2D eigenvalue weighted by Crippen LogP contribution is 2.39. The van der Waals surface area contributed by atoms with Gasteiger partial charge in [0.2, 0.25) is 11.7 Å². The van der Waals surface area contributed by atoms with E-state index in [1.165, 1.54) is 18.5 Å². The van der Waals surface area contributed by atoms with Crippen LogP contribution in [0.5, 0.6) is 17.4 Å². The lowest BCUT2D eigenvalue weighted by Gasteiger charge is -2.14. The molecule has 8 heteroatoms. The molecule has 0 unspecified atom stereocenters. The molecule has 0 bridgehead atoms. The molecular weight excluding hydrogens is 402 g/mol. The van der Waals surface area contributed by atoms with Crippen molar-refractivity contribution in [3.05, 3.63) is 90.3 Å². The van der Waals surface area contributed by atoms with Crippen molar-refractivity contribution in [3.63, 3.8) is 0 Å². The van der Waals surface area contributed by atoms with Gasteiger partial charge in [-0.25, -0.2) is 14.4 Å². The molecule has 31 heavy (non-hydrogen) atoms. The van der Waals surface area contributed by atoms with Crippen LogP contribution in [0.15, 0.2) is 73.1 Å². The van der Waals surface area contributed by atoms with Crippen molar-refractivity contribution in [2.24, 2.45) is 0 Å². The number of nitrogens with two attached hydrogens (primary N) is 2. The zero-order valence-electron chi connectivity index (χ0n) is 16.3. The van der Waals surface area contributed by atoms with Gasteiger partial charge < -0.3 is 20.9 Å². The van der Waals surface area contributed by atoms with Crippen LogP contribution in [-0.4, -0.2) is 9.97 Å². The van der Waals surface area contributed by atoms with E-state index >= 15 is 0 Å². The summed E-state index contributed by atoms with van der Waals surface area (Å²) in [5.74, 6) is -2.25. The monoisotopic (exact) mass is 420 g/mol. The van der Waals surface area contributed by atoms with Gasteiger partial charge in [-0.05, 0) is 29.8 Å². The van der Waals surface area contributed by atoms with E-state index in [9.17, 15) is 8.78 Å². The number of ether oxygens (including phenoxy) is 2. The minimum absolute atomic E-state index is 0.0240. The molecule has 0 saturated carbocycles. The average Bonchev–Trinajstić information content (AvgIpc) is 2.76. The summed E-state index contributed by atoms with van der Waals surface area (Å²) in [6.07, 6.45) is 1.17. The van der Waals surface area contributed by atoms with Crippen LogP contribution >= 0.6 is 0 Å². The van der Waals surface area contributed by atoms with Crippen LogP contribution < -0.4 is 20.9 Å². The maximum Gasteiger partial charge on any atom is 0.232 e. The van der Waals surface area contributed by atoms with E-state index in [4.69, 9.17) is 20.9 Å². The summed E-state index contributed by atoms with van der Waals surface area (Å²) < 4.78 is 40.9. The molecule has 3 aromatic carbocycles. The topological polar surface area (TPSA) is 96.3 Å². The van der Waals surface area contributed by atoms with E-state index < -0.39 is 11.6 Å². The van der Waals surface area contributed by atoms with Crippen LogP contribution in [0.2, 0.25) is 0 Å². The largest absolute Gasteiger partial charge is 0.486 e. The maximum absolute atomic E-state index is 15.0. The Balaban J connectivity index is 1.67. The first-order valence-electron chi connectivity index (χ1n) is 9.32. The van der Waals surface area contributed by atoms with E-state index in [1.807, 2.05) is 30.3 Å². The van der Waals surface area contributed by atoms with Gasteiger partial charge in [-0.1, -0.05) is 36.4 Å². The summed E-state index contributed by atoms with van der Waals surface area (Å²) in [5.41, 5.74) is 12.9. The van der Waals surface area contributed by atoms with E-state index in [0.29, 0.717) is 11.4 Å². The number of anilines is 2. The lowest BCUT2D eigenvalue weighted by atomic mass is 10.1. The van der Waals surface area contributed by atoms with Gasteiger partial charge >= 0.3 is 0 Å². The fourth-order valence-electron chi connectivity index (χ4n) is 2.97. The van der Waals surface area contributed by atoms with Crippen LogP contribution in [0.3, 0.4) is 0 Å². The molecule has 0 amide bonds. The number of hydrogen-bond acceptors (Lipinski definition) is 6. The lowest BCUT2D eigenvalue weighted by molar-refractivity contribution is 0.285. The zero-order chi connectivity index (χ0) is 21.8. The van der Waals surface area contributed by atoms with Gasteiger partial charge in [0.25, 0.3) is 0 Å². The molecule has 0 aliphatic carbocycles. The molecule has 0 spiro atoms. The maximum atomic E-state index is 15.0. The minimum Gasteiger partial charge on any atom is -0.486 e. The summed E-state index contributed by atoms with van der Waals surface area (Å²) in [5, 5.41) is 0. The average molecular weight is 420 g/mol. The molecule has 1 aromatic heterocycles. The standard InChI is InChI=1S/C23H18F2N4O2/c24-20-17(9-10-18(21(20)25)30-12-14-5-2-1-3-6-14)19-22(27)28-13-29-23(19)31-16-8-4-7-15(26)11-16/h1-11,13H,12,26H2,(H2,27,28,29). The summed E-state index contributed by atoms with van der Waals surface area (Å²) in [7, 11) is 0. The molecule has 0 saturated heterocycles. The fourth-order valence-corrected chi connectivity index (χ4v) is 2.97. The number of hydrogen-bond donors (Lipinski definition) is 2. The van der Waals surface area contributed by atoms with Crippen molar-refractivity contribution < 1.29 is 18.3 Å².